The summed E-state index contributed by atoms with van der Waals surface area (Å²) >= 11 is 0. The third kappa shape index (κ3) is 4.40. The number of hydrogen-bond acceptors (Lipinski definition) is 5. The normalized spacial score (nSPS) is 12.4. The number of alkyl halides is 3. The first-order chi connectivity index (χ1) is 8.09. The highest BCUT2D eigenvalue weighted by Gasteiger charge is 2.32. The molecular weight excluding hydrogens is 271 g/mol. The average molecular weight is 283 g/mol. The Morgan fingerprint density at radius 3 is 2.56 bits per heavy atom. The fourth-order valence-electron chi connectivity index (χ4n) is 1.15. The number of nitrogens with two attached hydrogens (primary N) is 1. The van der Waals surface area contributed by atoms with Gasteiger partial charge in [0.15, 0.2) is 0 Å². The minimum atomic E-state index is -4.57. The van der Waals surface area contributed by atoms with Gasteiger partial charge in [-0.15, -0.1) is 0 Å². The van der Waals surface area contributed by atoms with E-state index in [2.05, 4.69) is 10.3 Å². The van der Waals surface area contributed by atoms with Crippen LogP contribution in [0.3, 0.4) is 0 Å². The second-order valence-electron chi connectivity index (χ2n) is 3.71. The number of nitrogen functional groups attached to an aromatic ring is 1. The Labute approximate surface area is 102 Å². The fourth-order valence-corrected chi connectivity index (χ4v) is 1.62. The highest BCUT2D eigenvalue weighted by molar-refractivity contribution is 7.90. The zero-order chi connectivity index (χ0) is 14.0. The molecule has 1 aromatic rings. The third-order valence-corrected chi connectivity index (χ3v) is 2.96. The summed E-state index contributed by atoms with van der Waals surface area (Å²) in [4.78, 5) is 3.16. The zero-order valence-electron chi connectivity index (χ0n) is 9.45. The van der Waals surface area contributed by atoms with Crippen LogP contribution in [0, 0.1) is 0 Å². The molecule has 18 heavy (non-hydrogen) atoms. The van der Waals surface area contributed by atoms with Crippen molar-refractivity contribution in [3.05, 3.63) is 18.0 Å². The molecule has 0 amide bonds. The van der Waals surface area contributed by atoms with Gasteiger partial charge in [0.1, 0.15) is 15.5 Å². The molecule has 0 saturated carbocycles. The first-order valence-corrected chi connectivity index (χ1v) is 6.90. The summed E-state index contributed by atoms with van der Waals surface area (Å²) in [5.74, 6) is -0.198. The summed E-state index contributed by atoms with van der Waals surface area (Å²) in [5, 5.41) is 2.54. The van der Waals surface area contributed by atoms with Crippen LogP contribution in [0.4, 0.5) is 24.5 Å². The Bertz CT molecular complexity index is 528. The van der Waals surface area contributed by atoms with Crippen molar-refractivity contribution in [3.63, 3.8) is 0 Å². The zero-order valence-corrected chi connectivity index (χ0v) is 10.3. The van der Waals surface area contributed by atoms with Crippen LogP contribution in [-0.4, -0.2) is 32.0 Å². The van der Waals surface area contributed by atoms with Gasteiger partial charge in [-0.1, -0.05) is 0 Å². The maximum Gasteiger partial charge on any atom is 0.433 e. The van der Waals surface area contributed by atoms with E-state index in [1.807, 2.05) is 0 Å². The lowest BCUT2D eigenvalue weighted by Gasteiger charge is -2.11. The van der Waals surface area contributed by atoms with Crippen molar-refractivity contribution in [2.24, 2.45) is 0 Å². The van der Waals surface area contributed by atoms with E-state index in [0.717, 1.165) is 18.5 Å². The standard InChI is InChI=1S/C9H12F3N3O2S/c1-18(16,17)3-2-14-7-4-8(9(10,11)12)15-5-6(7)13/h4-5H,2-3,13H2,1H3,(H,14,15). The molecular formula is C9H12F3N3O2S. The predicted octanol–water partition coefficient (Wildman–Crippen LogP) is 1.14. The predicted molar refractivity (Wildman–Crippen MR) is 61.9 cm³/mol. The van der Waals surface area contributed by atoms with E-state index in [9.17, 15) is 21.6 Å². The van der Waals surface area contributed by atoms with Gasteiger partial charge in [0.25, 0.3) is 0 Å². The Hall–Kier alpha value is -1.51. The van der Waals surface area contributed by atoms with Crippen molar-refractivity contribution in [2.75, 3.05) is 29.6 Å². The summed E-state index contributed by atoms with van der Waals surface area (Å²) in [6.07, 6.45) is -2.65. The number of rotatable bonds is 4. The van der Waals surface area contributed by atoms with E-state index in [1.54, 1.807) is 0 Å². The van der Waals surface area contributed by atoms with Crippen molar-refractivity contribution in [1.82, 2.24) is 4.98 Å². The molecule has 0 saturated heterocycles. The number of anilines is 2. The monoisotopic (exact) mass is 283 g/mol. The maximum atomic E-state index is 12.4. The van der Waals surface area contributed by atoms with Crippen LogP contribution in [0.15, 0.2) is 12.3 Å². The van der Waals surface area contributed by atoms with Crippen molar-refractivity contribution < 1.29 is 21.6 Å². The number of aromatic nitrogens is 1. The first-order valence-electron chi connectivity index (χ1n) is 4.84. The van der Waals surface area contributed by atoms with Gasteiger partial charge in [-0.05, 0) is 6.07 Å². The minimum Gasteiger partial charge on any atom is -0.396 e. The van der Waals surface area contributed by atoms with Gasteiger partial charge in [-0.25, -0.2) is 13.4 Å². The van der Waals surface area contributed by atoms with Crippen molar-refractivity contribution in [1.29, 1.82) is 0 Å². The molecule has 102 valence electrons. The number of sulfone groups is 1. The van der Waals surface area contributed by atoms with E-state index in [4.69, 9.17) is 5.73 Å². The molecule has 0 bridgehead atoms. The Balaban J connectivity index is 2.82. The number of nitrogens with one attached hydrogen (secondary N) is 1. The smallest absolute Gasteiger partial charge is 0.396 e. The summed E-state index contributed by atoms with van der Waals surface area (Å²) in [6, 6.07) is 0.748. The summed E-state index contributed by atoms with van der Waals surface area (Å²) in [6.45, 7) is -0.0235. The Morgan fingerprint density at radius 1 is 1.44 bits per heavy atom. The minimum absolute atomic E-state index is 0.0148. The number of pyridine rings is 1. The van der Waals surface area contributed by atoms with Crippen LogP contribution in [-0.2, 0) is 16.0 Å². The molecule has 0 aliphatic carbocycles. The molecule has 0 unspecified atom stereocenters. The molecule has 1 aromatic heterocycles. The largest absolute Gasteiger partial charge is 0.433 e. The van der Waals surface area contributed by atoms with Crippen molar-refractivity contribution >= 4 is 21.2 Å². The lowest BCUT2D eigenvalue weighted by atomic mass is 10.2. The molecule has 9 heteroatoms. The lowest BCUT2D eigenvalue weighted by molar-refractivity contribution is -0.141. The number of nitrogens with zero attached hydrogens (tertiary/aromatic N) is 1. The number of halogens is 3. The SMILES string of the molecule is CS(=O)(=O)CCNc1cc(C(F)(F)F)ncc1N. The van der Waals surface area contributed by atoms with Crippen LogP contribution in [0.1, 0.15) is 5.69 Å². The van der Waals surface area contributed by atoms with Crippen LogP contribution < -0.4 is 11.1 Å². The van der Waals surface area contributed by atoms with Gasteiger partial charge in [-0.2, -0.15) is 13.2 Å². The molecule has 5 nitrogen and oxygen atoms in total. The first kappa shape index (κ1) is 14.6. The van der Waals surface area contributed by atoms with E-state index in [1.165, 1.54) is 0 Å². The Kier molecular flexibility index (Phi) is 4.05. The molecule has 1 rings (SSSR count). The highest BCUT2D eigenvalue weighted by Crippen LogP contribution is 2.30. The molecule has 1 heterocycles. The Morgan fingerprint density at radius 2 is 2.06 bits per heavy atom. The molecule has 0 aromatic carbocycles. The van der Waals surface area contributed by atoms with E-state index in [-0.39, 0.29) is 23.7 Å². The summed E-state index contributed by atoms with van der Waals surface area (Å²) in [5.41, 5.74) is 4.40. The molecule has 0 spiro atoms. The van der Waals surface area contributed by atoms with Gasteiger partial charge in [0.2, 0.25) is 0 Å². The van der Waals surface area contributed by atoms with E-state index in [0.29, 0.717) is 0 Å². The van der Waals surface area contributed by atoms with Gasteiger partial charge in [0, 0.05) is 12.8 Å². The molecule has 3 N–H and O–H groups in total. The van der Waals surface area contributed by atoms with E-state index < -0.39 is 21.7 Å². The molecule has 0 aliphatic heterocycles. The van der Waals surface area contributed by atoms with E-state index >= 15 is 0 Å². The molecule has 0 radical (unpaired) electrons. The van der Waals surface area contributed by atoms with Crippen molar-refractivity contribution in [2.45, 2.75) is 6.18 Å². The molecule has 0 aliphatic rings. The highest BCUT2D eigenvalue weighted by atomic mass is 32.2. The van der Waals surface area contributed by atoms with Crippen LogP contribution >= 0.6 is 0 Å². The second kappa shape index (κ2) is 5.01. The number of hydrogen-bond donors (Lipinski definition) is 2. The second-order valence-corrected chi connectivity index (χ2v) is 5.97. The van der Waals surface area contributed by atoms with Gasteiger partial charge < -0.3 is 11.1 Å². The van der Waals surface area contributed by atoms with Crippen LogP contribution in [0.5, 0.6) is 0 Å². The summed E-state index contributed by atoms with van der Waals surface area (Å²) < 4.78 is 58.9. The topological polar surface area (TPSA) is 85.1 Å². The molecule has 0 fully saturated rings. The lowest BCUT2D eigenvalue weighted by Crippen LogP contribution is -2.16. The molecule has 0 atom stereocenters. The van der Waals surface area contributed by atoms with Crippen molar-refractivity contribution in [3.8, 4) is 0 Å². The average Bonchev–Trinajstić information content (AvgIpc) is 2.17. The van der Waals surface area contributed by atoms with Crippen LogP contribution in [0.2, 0.25) is 0 Å². The van der Waals surface area contributed by atoms with Gasteiger partial charge in [0.05, 0.1) is 23.3 Å². The van der Waals surface area contributed by atoms with Gasteiger partial charge in [-0.3, -0.25) is 0 Å². The summed E-state index contributed by atoms with van der Waals surface area (Å²) in [7, 11) is -3.19. The van der Waals surface area contributed by atoms with Gasteiger partial charge >= 0.3 is 6.18 Å². The fraction of sp³-hybridized carbons (Fsp3) is 0.444. The quantitative estimate of drug-likeness (QED) is 0.865. The van der Waals surface area contributed by atoms with Crippen LogP contribution in [0.25, 0.3) is 0 Å². The third-order valence-electron chi connectivity index (χ3n) is 2.01. The maximum absolute atomic E-state index is 12.4.